The van der Waals surface area contributed by atoms with Gasteiger partial charge in [0.15, 0.2) is 9.84 Å². The van der Waals surface area contributed by atoms with Gasteiger partial charge >= 0.3 is 0 Å². The topological polar surface area (TPSA) is 63.2 Å². The Morgan fingerprint density at radius 1 is 1.12 bits per heavy atom. The van der Waals surface area contributed by atoms with E-state index in [-0.39, 0.29) is 23.0 Å². The summed E-state index contributed by atoms with van der Waals surface area (Å²) in [6.07, 6.45) is 2.14. The fourth-order valence-corrected chi connectivity index (χ4v) is 5.21. The second-order valence-corrected chi connectivity index (χ2v) is 8.96. The highest BCUT2D eigenvalue weighted by Crippen LogP contribution is 2.23. The monoisotopic (exact) mass is 375 g/mol. The molecule has 0 spiro atoms. The van der Waals surface area contributed by atoms with Crippen molar-refractivity contribution in [2.75, 3.05) is 18.1 Å². The first-order valence-electron chi connectivity index (χ1n) is 8.78. The highest BCUT2D eigenvalue weighted by atomic mass is 32.2. The average molecular weight is 375 g/mol. The number of carbonyl (C=O) groups excluding carboxylic acids is 1. The van der Waals surface area contributed by atoms with E-state index in [1.807, 2.05) is 30.3 Å². The number of benzene rings is 2. The van der Waals surface area contributed by atoms with Gasteiger partial charge in [-0.25, -0.2) is 12.8 Å². The minimum atomic E-state index is -2.87. The first-order valence-corrected chi connectivity index (χ1v) is 10.6. The SMILES string of the molecule is O=C(NCCCC1CCS(=O)(=O)C1)c1cc(-c2ccccc2)ccc1F. The Hall–Kier alpha value is -2.21. The Balaban J connectivity index is 1.56. The smallest absolute Gasteiger partial charge is 0.254 e. The lowest BCUT2D eigenvalue weighted by Crippen LogP contribution is -2.26. The van der Waals surface area contributed by atoms with E-state index in [4.69, 9.17) is 0 Å². The molecule has 3 rings (SSSR count). The molecule has 1 aliphatic rings. The molecule has 1 N–H and O–H groups in total. The lowest BCUT2D eigenvalue weighted by Gasteiger charge is -2.10. The van der Waals surface area contributed by atoms with E-state index in [9.17, 15) is 17.6 Å². The molecule has 0 aliphatic carbocycles. The number of carbonyl (C=O) groups is 1. The van der Waals surface area contributed by atoms with Gasteiger partial charge in [0.2, 0.25) is 0 Å². The van der Waals surface area contributed by atoms with Crippen molar-refractivity contribution in [1.82, 2.24) is 5.32 Å². The molecule has 1 atom stereocenters. The third-order valence-electron chi connectivity index (χ3n) is 4.72. The van der Waals surface area contributed by atoms with Crippen LogP contribution in [-0.2, 0) is 9.84 Å². The predicted octanol–water partition coefficient (Wildman–Crippen LogP) is 3.44. The minimum absolute atomic E-state index is 0.0230. The molecule has 1 aliphatic heterocycles. The summed E-state index contributed by atoms with van der Waals surface area (Å²) in [4.78, 5) is 12.3. The van der Waals surface area contributed by atoms with E-state index in [1.54, 1.807) is 12.1 Å². The number of sulfone groups is 1. The zero-order valence-electron chi connectivity index (χ0n) is 14.4. The Morgan fingerprint density at radius 2 is 1.88 bits per heavy atom. The number of halogens is 1. The van der Waals surface area contributed by atoms with Crippen molar-refractivity contribution in [3.8, 4) is 11.1 Å². The molecule has 1 unspecified atom stereocenters. The van der Waals surface area contributed by atoms with Gasteiger partial charge in [-0.1, -0.05) is 36.4 Å². The summed E-state index contributed by atoms with van der Waals surface area (Å²) in [5.41, 5.74) is 1.73. The van der Waals surface area contributed by atoms with E-state index in [1.165, 1.54) is 6.07 Å². The summed E-state index contributed by atoms with van der Waals surface area (Å²) in [6, 6.07) is 14.0. The Morgan fingerprint density at radius 3 is 2.58 bits per heavy atom. The third kappa shape index (κ3) is 4.69. The predicted molar refractivity (Wildman–Crippen MR) is 100 cm³/mol. The van der Waals surface area contributed by atoms with Crippen LogP contribution in [0.1, 0.15) is 29.6 Å². The first-order chi connectivity index (χ1) is 12.4. The maximum atomic E-state index is 14.0. The molecule has 26 heavy (non-hydrogen) atoms. The number of hydrogen-bond donors (Lipinski definition) is 1. The van der Waals surface area contributed by atoms with Crippen LogP contribution in [0.25, 0.3) is 11.1 Å². The van der Waals surface area contributed by atoms with Gasteiger partial charge in [0, 0.05) is 6.54 Å². The normalized spacial score (nSPS) is 18.6. The number of nitrogens with one attached hydrogen (secondary N) is 1. The molecule has 1 fully saturated rings. The van der Waals surface area contributed by atoms with Crippen molar-refractivity contribution in [3.63, 3.8) is 0 Å². The zero-order valence-corrected chi connectivity index (χ0v) is 15.3. The molecule has 4 nitrogen and oxygen atoms in total. The van der Waals surface area contributed by atoms with Gasteiger partial charge in [0.25, 0.3) is 5.91 Å². The molecule has 0 bridgehead atoms. The number of hydrogen-bond acceptors (Lipinski definition) is 3. The second-order valence-electron chi connectivity index (χ2n) is 6.73. The molecular weight excluding hydrogens is 353 g/mol. The standard InChI is InChI=1S/C20H22FNO3S/c21-19-9-8-17(16-6-2-1-3-7-16)13-18(19)20(23)22-11-4-5-15-10-12-26(24,25)14-15/h1-3,6-9,13,15H,4-5,10-12,14H2,(H,22,23). The maximum Gasteiger partial charge on any atom is 0.254 e. The minimum Gasteiger partial charge on any atom is -0.352 e. The van der Waals surface area contributed by atoms with Gasteiger partial charge < -0.3 is 5.32 Å². The molecule has 0 aromatic heterocycles. The summed E-state index contributed by atoms with van der Waals surface area (Å²) in [7, 11) is -2.87. The number of rotatable bonds is 6. The van der Waals surface area contributed by atoms with Crippen LogP contribution in [0.15, 0.2) is 48.5 Å². The van der Waals surface area contributed by atoms with Gasteiger partial charge in [0.1, 0.15) is 5.82 Å². The van der Waals surface area contributed by atoms with Crippen molar-refractivity contribution < 1.29 is 17.6 Å². The van der Waals surface area contributed by atoms with Crippen molar-refractivity contribution >= 4 is 15.7 Å². The lowest BCUT2D eigenvalue weighted by atomic mass is 10.0. The van der Waals surface area contributed by atoms with Crippen molar-refractivity contribution in [2.45, 2.75) is 19.3 Å². The van der Waals surface area contributed by atoms with E-state index >= 15 is 0 Å². The van der Waals surface area contributed by atoms with Crippen molar-refractivity contribution in [3.05, 3.63) is 59.9 Å². The fraction of sp³-hybridized carbons (Fsp3) is 0.350. The zero-order chi connectivity index (χ0) is 18.6. The molecule has 138 valence electrons. The van der Waals surface area contributed by atoms with Crippen LogP contribution in [0.3, 0.4) is 0 Å². The van der Waals surface area contributed by atoms with Gasteiger partial charge in [0.05, 0.1) is 17.1 Å². The molecule has 6 heteroatoms. The van der Waals surface area contributed by atoms with Crippen molar-refractivity contribution in [1.29, 1.82) is 0 Å². The Kier molecular flexibility index (Phi) is 5.71. The summed E-state index contributed by atoms with van der Waals surface area (Å²) in [5, 5.41) is 2.73. The summed E-state index contributed by atoms with van der Waals surface area (Å²) < 4.78 is 36.9. The quantitative estimate of drug-likeness (QED) is 0.787. The van der Waals surface area contributed by atoms with Crippen LogP contribution < -0.4 is 5.32 Å². The van der Waals surface area contributed by atoms with E-state index < -0.39 is 21.6 Å². The molecule has 1 amide bonds. The Labute approximate surface area is 153 Å². The van der Waals surface area contributed by atoms with Gasteiger partial charge in [-0.2, -0.15) is 0 Å². The molecular formula is C20H22FNO3S. The second kappa shape index (κ2) is 7.99. The Bertz CT molecular complexity index is 881. The van der Waals surface area contributed by atoms with Crippen LogP contribution in [0, 0.1) is 11.7 Å². The van der Waals surface area contributed by atoms with Crippen LogP contribution >= 0.6 is 0 Å². The summed E-state index contributed by atoms with van der Waals surface area (Å²) in [5.74, 6) is -0.311. The lowest BCUT2D eigenvalue weighted by molar-refractivity contribution is 0.0948. The van der Waals surface area contributed by atoms with Crippen LogP contribution in [0.5, 0.6) is 0 Å². The van der Waals surface area contributed by atoms with Crippen LogP contribution in [0.2, 0.25) is 0 Å². The van der Waals surface area contributed by atoms with E-state index in [0.717, 1.165) is 17.5 Å². The number of amides is 1. The molecule has 2 aromatic carbocycles. The highest BCUT2D eigenvalue weighted by molar-refractivity contribution is 7.91. The van der Waals surface area contributed by atoms with Crippen LogP contribution in [-0.4, -0.2) is 32.4 Å². The molecule has 0 radical (unpaired) electrons. The van der Waals surface area contributed by atoms with Gasteiger partial charge in [-0.3, -0.25) is 4.79 Å². The van der Waals surface area contributed by atoms with E-state index in [0.29, 0.717) is 19.4 Å². The largest absolute Gasteiger partial charge is 0.352 e. The first kappa shape index (κ1) is 18.6. The van der Waals surface area contributed by atoms with Crippen molar-refractivity contribution in [2.24, 2.45) is 5.92 Å². The molecule has 0 saturated carbocycles. The van der Waals surface area contributed by atoms with Gasteiger partial charge in [-0.15, -0.1) is 0 Å². The fourth-order valence-electron chi connectivity index (χ4n) is 3.30. The van der Waals surface area contributed by atoms with Gasteiger partial charge in [-0.05, 0) is 48.4 Å². The van der Waals surface area contributed by atoms with Crippen LogP contribution in [0.4, 0.5) is 4.39 Å². The van der Waals surface area contributed by atoms with E-state index in [2.05, 4.69) is 5.32 Å². The summed E-state index contributed by atoms with van der Waals surface area (Å²) in [6.45, 7) is 0.407. The molecule has 1 heterocycles. The average Bonchev–Trinajstić information content (AvgIpc) is 2.98. The summed E-state index contributed by atoms with van der Waals surface area (Å²) >= 11 is 0. The molecule has 1 saturated heterocycles. The highest BCUT2D eigenvalue weighted by Gasteiger charge is 2.27. The molecule has 2 aromatic rings. The third-order valence-corrected chi connectivity index (χ3v) is 6.56. The maximum absolute atomic E-state index is 14.0.